The smallest absolute Gasteiger partial charge is 0.253 e. The quantitative estimate of drug-likeness (QED) is 0.619. The maximum Gasteiger partial charge on any atom is 0.253 e. The maximum absolute atomic E-state index is 12.1. The molecule has 0 aliphatic rings. The number of rotatable bonds is 9. The number of nitrogens with zero attached hydrogens (tertiary/aromatic N) is 1. The van der Waals surface area contributed by atoms with Crippen LogP contribution in [0, 0.1) is 0 Å². The molecule has 1 aromatic heterocycles. The van der Waals surface area contributed by atoms with E-state index in [-0.39, 0.29) is 18.2 Å². The summed E-state index contributed by atoms with van der Waals surface area (Å²) in [6.45, 7) is 4.86. The molecule has 1 amide bonds. The lowest BCUT2D eigenvalue weighted by molar-refractivity contribution is 0.0957. The molecule has 21 heavy (non-hydrogen) atoms. The number of sulfonamides is 1. The zero-order valence-corrected chi connectivity index (χ0v) is 13.2. The fourth-order valence-corrected chi connectivity index (χ4v) is 2.63. The average Bonchev–Trinajstić information content (AvgIpc) is 2.45. The van der Waals surface area contributed by atoms with E-state index in [0.29, 0.717) is 17.8 Å². The van der Waals surface area contributed by atoms with Gasteiger partial charge >= 0.3 is 0 Å². The van der Waals surface area contributed by atoms with Crippen molar-refractivity contribution in [2.45, 2.75) is 20.3 Å². The van der Waals surface area contributed by atoms with Gasteiger partial charge in [-0.15, -0.1) is 0 Å². The first-order valence-electron chi connectivity index (χ1n) is 6.93. The van der Waals surface area contributed by atoms with E-state index in [1.54, 1.807) is 19.2 Å². The van der Waals surface area contributed by atoms with Crippen molar-refractivity contribution in [1.82, 2.24) is 15.0 Å². The van der Waals surface area contributed by atoms with Crippen molar-refractivity contribution in [2.24, 2.45) is 0 Å². The molecule has 7 nitrogen and oxygen atoms in total. The number of hydrogen-bond donors (Lipinski definition) is 3. The number of amides is 1. The van der Waals surface area contributed by atoms with E-state index in [1.165, 1.54) is 6.20 Å². The number of nitrogens with one attached hydrogen (secondary N) is 3. The molecule has 1 rings (SSSR count). The van der Waals surface area contributed by atoms with Crippen LogP contribution in [-0.4, -0.2) is 44.7 Å². The van der Waals surface area contributed by atoms with E-state index >= 15 is 0 Å². The van der Waals surface area contributed by atoms with E-state index in [9.17, 15) is 13.2 Å². The predicted octanol–water partition coefficient (Wildman–Crippen LogP) is 0.573. The van der Waals surface area contributed by atoms with Crippen LogP contribution in [0.2, 0.25) is 0 Å². The maximum atomic E-state index is 12.1. The standard InChI is InChI=1S/C13H22N4O3S/c1-3-6-15-12-10-14-7-5-11(12)13(18)16-8-9-21(19,20)17-4-2/h5,7,10,15,17H,3-4,6,8-9H2,1-2H3,(H,16,18). The number of anilines is 1. The summed E-state index contributed by atoms with van der Waals surface area (Å²) in [5.41, 5.74) is 1.10. The molecular weight excluding hydrogens is 292 g/mol. The van der Waals surface area contributed by atoms with Crippen molar-refractivity contribution in [3.8, 4) is 0 Å². The van der Waals surface area contributed by atoms with E-state index in [4.69, 9.17) is 0 Å². The fourth-order valence-electron chi connectivity index (χ4n) is 1.68. The molecule has 0 atom stereocenters. The Hall–Kier alpha value is -1.67. The second-order valence-electron chi connectivity index (χ2n) is 4.42. The van der Waals surface area contributed by atoms with Gasteiger partial charge in [-0.2, -0.15) is 0 Å². The summed E-state index contributed by atoms with van der Waals surface area (Å²) < 4.78 is 25.3. The highest BCUT2D eigenvalue weighted by atomic mass is 32.2. The van der Waals surface area contributed by atoms with Crippen LogP contribution in [0.4, 0.5) is 5.69 Å². The molecule has 0 fully saturated rings. The Kier molecular flexibility index (Phi) is 7.10. The van der Waals surface area contributed by atoms with E-state index in [2.05, 4.69) is 20.3 Å². The molecule has 0 aromatic carbocycles. The second-order valence-corrected chi connectivity index (χ2v) is 6.35. The molecule has 1 heterocycles. The van der Waals surface area contributed by atoms with Gasteiger partial charge in [0.2, 0.25) is 10.0 Å². The lowest BCUT2D eigenvalue weighted by Gasteiger charge is -2.11. The Morgan fingerprint density at radius 3 is 2.71 bits per heavy atom. The normalized spacial score (nSPS) is 11.1. The lowest BCUT2D eigenvalue weighted by Crippen LogP contribution is -2.34. The first-order chi connectivity index (χ1) is 10.00. The van der Waals surface area contributed by atoms with Crippen LogP contribution in [0.15, 0.2) is 18.5 Å². The van der Waals surface area contributed by atoms with Gasteiger partial charge in [-0.1, -0.05) is 13.8 Å². The molecule has 0 radical (unpaired) electrons. The molecule has 1 aromatic rings. The van der Waals surface area contributed by atoms with Crippen molar-refractivity contribution >= 4 is 21.6 Å². The number of hydrogen-bond acceptors (Lipinski definition) is 5. The first-order valence-corrected chi connectivity index (χ1v) is 8.58. The highest BCUT2D eigenvalue weighted by Gasteiger charge is 2.13. The van der Waals surface area contributed by atoms with Gasteiger partial charge in [0.1, 0.15) is 0 Å². The molecule has 0 aliphatic heterocycles. The summed E-state index contributed by atoms with van der Waals surface area (Å²) in [5, 5.41) is 5.72. The van der Waals surface area contributed by atoms with Gasteiger partial charge in [0.15, 0.2) is 0 Å². The Bertz CT molecular complexity index is 560. The van der Waals surface area contributed by atoms with E-state index in [1.807, 2.05) is 6.92 Å². The highest BCUT2D eigenvalue weighted by molar-refractivity contribution is 7.89. The summed E-state index contributed by atoms with van der Waals surface area (Å²) in [6, 6.07) is 1.60. The summed E-state index contributed by atoms with van der Waals surface area (Å²) in [7, 11) is -3.33. The predicted molar refractivity (Wildman–Crippen MR) is 82.8 cm³/mol. The summed E-state index contributed by atoms with van der Waals surface area (Å²) in [5.74, 6) is -0.460. The monoisotopic (exact) mass is 314 g/mol. The van der Waals surface area contributed by atoms with Crippen molar-refractivity contribution in [3.63, 3.8) is 0 Å². The van der Waals surface area contributed by atoms with Crippen LogP contribution in [0.5, 0.6) is 0 Å². The van der Waals surface area contributed by atoms with Gasteiger partial charge in [-0.25, -0.2) is 13.1 Å². The molecule has 0 unspecified atom stereocenters. The van der Waals surface area contributed by atoms with Crippen LogP contribution < -0.4 is 15.4 Å². The third kappa shape index (κ3) is 6.09. The van der Waals surface area contributed by atoms with Gasteiger partial charge in [-0.3, -0.25) is 9.78 Å². The second kappa shape index (κ2) is 8.58. The van der Waals surface area contributed by atoms with Gasteiger partial charge < -0.3 is 10.6 Å². The minimum Gasteiger partial charge on any atom is -0.383 e. The number of carbonyl (C=O) groups is 1. The van der Waals surface area contributed by atoms with Crippen LogP contribution in [0.1, 0.15) is 30.6 Å². The highest BCUT2D eigenvalue weighted by Crippen LogP contribution is 2.12. The molecule has 0 spiro atoms. The van der Waals surface area contributed by atoms with E-state index < -0.39 is 10.0 Å². The van der Waals surface area contributed by atoms with E-state index in [0.717, 1.165) is 13.0 Å². The molecule has 8 heteroatoms. The first kappa shape index (κ1) is 17.4. The Labute approximate surface area is 125 Å². The van der Waals surface area contributed by atoms with Crippen LogP contribution in [0.3, 0.4) is 0 Å². The number of pyridine rings is 1. The van der Waals surface area contributed by atoms with Gasteiger partial charge in [-0.05, 0) is 12.5 Å². The zero-order chi connectivity index (χ0) is 15.7. The van der Waals surface area contributed by atoms with Crippen LogP contribution in [0.25, 0.3) is 0 Å². The van der Waals surface area contributed by atoms with Crippen LogP contribution in [-0.2, 0) is 10.0 Å². The Morgan fingerprint density at radius 1 is 1.29 bits per heavy atom. The van der Waals surface area contributed by atoms with Gasteiger partial charge in [0.05, 0.1) is 23.2 Å². The zero-order valence-electron chi connectivity index (χ0n) is 12.3. The lowest BCUT2D eigenvalue weighted by atomic mass is 10.2. The van der Waals surface area contributed by atoms with Crippen molar-refractivity contribution < 1.29 is 13.2 Å². The molecule has 0 aliphatic carbocycles. The molecule has 3 N–H and O–H groups in total. The summed E-state index contributed by atoms with van der Waals surface area (Å²) in [4.78, 5) is 16.1. The molecule has 0 saturated heterocycles. The Balaban J connectivity index is 2.60. The molecule has 118 valence electrons. The third-order valence-corrected chi connectivity index (χ3v) is 4.12. The van der Waals surface area contributed by atoms with Crippen LogP contribution >= 0.6 is 0 Å². The van der Waals surface area contributed by atoms with Crippen molar-refractivity contribution in [2.75, 3.05) is 30.7 Å². The number of carbonyl (C=O) groups excluding carboxylic acids is 1. The minimum atomic E-state index is -3.33. The van der Waals surface area contributed by atoms with Gasteiger partial charge in [0, 0.05) is 25.8 Å². The topological polar surface area (TPSA) is 100 Å². The molecule has 0 bridgehead atoms. The Morgan fingerprint density at radius 2 is 2.05 bits per heavy atom. The molecular formula is C13H22N4O3S. The largest absolute Gasteiger partial charge is 0.383 e. The van der Waals surface area contributed by atoms with Crippen molar-refractivity contribution in [3.05, 3.63) is 24.0 Å². The molecule has 0 saturated carbocycles. The SMILES string of the molecule is CCCNc1cnccc1C(=O)NCCS(=O)(=O)NCC. The van der Waals surface area contributed by atoms with Crippen molar-refractivity contribution in [1.29, 1.82) is 0 Å². The number of aromatic nitrogens is 1. The minimum absolute atomic E-state index is 0.0592. The van der Waals surface area contributed by atoms with Gasteiger partial charge in [0.25, 0.3) is 5.91 Å². The summed E-state index contributed by atoms with van der Waals surface area (Å²) >= 11 is 0. The average molecular weight is 314 g/mol. The fraction of sp³-hybridized carbons (Fsp3) is 0.538. The summed E-state index contributed by atoms with van der Waals surface area (Å²) in [6.07, 6.45) is 4.04. The third-order valence-electron chi connectivity index (χ3n) is 2.65.